The van der Waals surface area contributed by atoms with Crippen LogP contribution in [0.25, 0.3) is 0 Å². The molecule has 0 aromatic heterocycles. The molecule has 4 heteroatoms. The second-order valence-electron chi connectivity index (χ2n) is 3.71. The van der Waals surface area contributed by atoms with Crippen LogP contribution in [-0.4, -0.2) is 35.8 Å². The van der Waals surface area contributed by atoms with Crippen LogP contribution in [0.2, 0.25) is 0 Å². The fourth-order valence-corrected chi connectivity index (χ4v) is 2.05. The van der Waals surface area contributed by atoms with Crippen LogP contribution in [0.15, 0.2) is 0 Å². The first-order valence-corrected chi connectivity index (χ1v) is 5.28. The van der Waals surface area contributed by atoms with Gasteiger partial charge in [0.25, 0.3) is 0 Å². The SMILES string of the molecule is CC1CCC(C(N)=O)CN1CCCl. The highest BCUT2D eigenvalue weighted by molar-refractivity contribution is 6.18. The molecule has 3 nitrogen and oxygen atoms in total. The minimum Gasteiger partial charge on any atom is -0.369 e. The maximum Gasteiger partial charge on any atom is 0.221 e. The first kappa shape index (κ1) is 10.8. The first-order chi connectivity index (χ1) is 6.15. The second kappa shape index (κ2) is 4.82. The lowest BCUT2D eigenvalue weighted by atomic mass is 9.93. The monoisotopic (exact) mass is 204 g/mol. The molecule has 1 aliphatic rings. The molecule has 1 rings (SSSR count). The van der Waals surface area contributed by atoms with Crippen LogP contribution in [0, 0.1) is 5.92 Å². The van der Waals surface area contributed by atoms with Gasteiger partial charge in [0.05, 0.1) is 5.92 Å². The number of amides is 1. The van der Waals surface area contributed by atoms with Gasteiger partial charge >= 0.3 is 0 Å². The first-order valence-electron chi connectivity index (χ1n) is 4.74. The number of hydrogen-bond acceptors (Lipinski definition) is 2. The zero-order chi connectivity index (χ0) is 9.84. The van der Waals surface area contributed by atoms with Crippen molar-refractivity contribution >= 4 is 17.5 Å². The molecular formula is C9H17ClN2O. The number of rotatable bonds is 3. The molecule has 0 spiro atoms. The van der Waals surface area contributed by atoms with Gasteiger partial charge in [0.1, 0.15) is 0 Å². The number of halogens is 1. The van der Waals surface area contributed by atoms with E-state index in [1.54, 1.807) is 0 Å². The third-order valence-electron chi connectivity index (χ3n) is 2.79. The van der Waals surface area contributed by atoms with E-state index in [0.717, 1.165) is 25.9 Å². The van der Waals surface area contributed by atoms with Gasteiger partial charge in [0.2, 0.25) is 5.91 Å². The number of hydrogen-bond donors (Lipinski definition) is 1. The summed E-state index contributed by atoms with van der Waals surface area (Å²) in [5.41, 5.74) is 5.27. The van der Waals surface area contributed by atoms with Crippen molar-refractivity contribution in [3.05, 3.63) is 0 Å². The summed E-state index contributed by atoms with van der Waals surface area (Å²) in [4.78, 5) is 13.2. The van der Waals surface area contributed by atoms with Gasteiger partial charge in [0, 0.05) is 25.0 Å². The van der Waals surface area contributed by atoms with E-state index in [0.29, 0.717) is 11.9 Å². The Balaban J connectivity index is 2.47. The summed E-state index contributed by atoms with van der Waals surface area (Å²) in [6, 6.07) is 0.536. The van der Waals surface area contributed by atoms with Crippen molar-refractivity contribution in [2.24, 2.45) is 11.7 Å². The van der Waals surface area contributed by atoms with Crippen LogP contribution in [-0.2, 0) is 4.79 Å². The summed E-state index contributed by atoms with van der Waals surface area (Å²) in [5, 5.41) is 0. The molecule has 76 valence electrons. The van der Waals surface area contributed by atoms with Gasteiger partial charge in [-0.05, 0) is 19.8 Å². The van der Waals surface area contributed by atoms with Crippen LogP contribution in [0.5, 0.6) is 0 Å². The van der Waals surface area contributed by atoms with E-state index < -0.39 is 0 Å². The van der Waals surface area contributed by atoms with E-state index in [-0.39, 0.29) is 11.8 Å². The summed E-state index contributed by atoms with van der Waals surface area (Å²) >= 11 is 5.67. The number of nitrogens with zero attached hydrogens (tertiary/aromatic N) is 1. The van der Waals surface area contributed by atoms with Crippen molar-refractivity contribution in [3.8, 4) is 0 Å². The van der Waals surface area contributed by atoms with Gasteiger partial charge in [-0.15, -0.1) is 11.6 Å². The fourth-order valence-electron chi connectivity index (χ4n) is 1.83. The summed E-state index contributed by atoms with van der Waals surface area (Å²) in [6.07, 6.45) is 1.97. The van der Waals surface area contributed by atoms with Crippen LogP contribution < -0.4 is 5.73 Å². The third-order valence-corrected chi connectivity index (χ3v) is 2.95. The molecule has 0 aromatic carbocycles. The molecule has 1 amide bonds. The van der Waals surface area contributed by atoms with E-state index in [9.17, 15) is 4.79 Å². The highest BCUT2D eigenvalue weighted by Gasteiger charge is 2.27. The van der Waals surface area contributed by atoms with Gasteiger partial charge < -0.3 is 5.73 Å². The van der Waals surface area contributed by atoms with Crippen LogP contribution in [0.3, 0.4) is 0 Å². The fraction of sp³-hybridized carbons (Fsp3) is 0.889. The number of primary amides is 1. The maximum absolute atomic E-state index is 11.0. The quantitative estimate of drug-likeness (QED) is 0.692. The molecule has 1 aliphatic heterocycles. The molecule has 1 heterocycles. The van der Waals surface area contributed by atoms with Gasteiger partial charge in [-0.3, -0.25) is 9.69 Å². The highest BCUT2D eigenvalue weighted by Crippen LogP contribution is 2.21. The van der Waals surface area contributed by atoms with Gasteiger partial charge in [-0.2, -0.15) is 0 Å². The topological polar surface area (TPSA) is 46.3 Å². The maximum atomic E-state index is 11.0. The smallest absolute Gasteiger partial charge is 0.221 e. The molecule has 0 radical (unpaired) electrons. The normalized spacial score (nSPS) is 30.3. The number of carbonyl (C=O) groups is 1. The summed E-state index contributed by atoms with van der Waals surface area (Å²) in [7, 11) is 0. The summed E-state index contributed by atoms with van der Waals surface area (Å²) in [5.74, 6) is 0.474. The van der Waals surface area contributed by atoms with E-state index in [1.807, 2.05) is 0 Å². The Morgan fingerprint density at radius 3 is 2.85 bits per heavy atom. The Morgan fingerprint density at radius 2 is 2.31 bits per heavy atom. The van der Waals surface area contributed by atoms with Crippen molar-refractivity contribution in [2.45, 2.75) is 25.8 Å². The average Bonchev–Trinajstić information content (AvgIpc) is 2.08. The van der Waals surface area contributed by atoms with E-state index in [4.69, 9.17) is 17.3 Å². The number of piperidine rings is 1. The molecule has 1 fully saturated rings. The zero-order valence-corrected chi connectivity index (χ0v) is 8.76. The van der Waals surface area contributed by atoms with Crippen molar-refractivity contribution < 1.29 is 4.79 Å². The predicted octanol–water partition coefficient (Wildman–Crippen LogP) is 0.811. The van der Waals surface area contributed by atoms with E-state index in [1.165, 1.54) is 0 Å². The second-order valence-corrected chi connectivity index (χ2v) is 4.09. The van der Waals surface area contributed by atoms with Gasteiger partial charge in [0.15, 0.2) is 0 Å². The molecule has 2 unspecified atom stereocenters. The lowest BCUT2D eigenvalue weighted by Crippen LogP contribution is -2.46. The van der Waals surface area contributed by atoms with Crippen molar-refractivity contribution in [1.29, 1.82) is 0 Å². The minimum atomic E-state index is -0.175. The molecule has 2 N–H and O–H groups in total. The molecule has 13 heavy (non-hydrogen) atoms. The van der Waals surface area contributed by atoms with Crippen molar-refractivity contribution in [3.63, 3.8) is 0 Å². The largest absolute Gasteiger partial charge is 0.369 e. The zero-order valence-electron chi connectivity index (χ0n) is 8.00. The van der Waals surface area contributed by atoms with Crippen molar-refractivity contribution in [2.75, 3.05) is 19.0 Å². The molecule has 1 saturated heterocycles. The van der Waals surface area contributed by atoms with Crippen molar-refractivity contribution in [1.82, 2.24) is 4.90 Å². The predicted molar refractivity (Wildman–Crippen MR) is 53.7 cm³/mol. The Morgan fingerprint density at radius 1 is 1.62 bits per heavy atom. The molecule has 0 aromatic rings. The number of nitrogens with two attached hydrogens (primary N) is 1. The Bertz CT molecular complexity index is 186. The Labute approximate surface area is 84.2 Å². The molecule has 2 atom stereocenters. The number of alkyl halides is 1. The highest BCUT2D eigenvalue weighted by atomic mass is 35.5. The standard InChI is InChI=1S/C9H17ClN2O/c1-7-2-3-8(9(11)13)6-12(7)5-4-10/h7-8H,2-6H2,1H3,(H2,11,13). The Hall–Kier alpha value is -0.280. The lowest BCUT2D eigenvalue weighted by molar-refractivity contribution is -0.123. The van der Waals surface area contributed by atoms with Gasteiger partial charge in [-0.1, -0.05) is 0 Å². The van der Waals surface area contributed by atoms with Crippen LogP contribution in [0.1, 0.15) is 19.8 Å². The van der Waals surface area contributed by atoms with E-state index >= 15 is 0 Å². The number of carbonyl (C=O) groups excluding carboxylic acids is 1. The van der Waals surface area contributed by atoms with Crippen LogP contribution in [0.4, 0.5) is 0 Å². The summed E-state index contributed by atoms with van der Waals surface area (Å²) in [6.45, 7) is 3.81. The van der Waals surface area contributed by atoms with Gasteiger partial charge in [-0.25, -0.2) is 0 Å². The average molecular weight is 205 g/mol. The molecule has 0 aliphatic carbocycles. The molecule has 0 bridgehead atoms. The molecule has 0 saturated carbocycles. The lowest BCUT2D eigenvalue weighted by Gasteiger charge is -2.36. The molecular weight excluding hydrogens is 188 g/mol. The van der Waals surface area contributed by atoms with Crippen LogP contribution >= 0.6 is 11.6 Å². The minimum absolute atomic E-state index is 0.0272. The van der Waals surface area contributed by atoms with E-state index in [2.05, 4.69) is 11.8 Å². The Kier molecular flexibility index (Phi) is 4.00. The summed E-state index contributed by atoms with van der Waals surface area (Å²) < 4.78 is 0. The number of likely N-dealkylation sites (tertiary alicyclic amines) is 1. The third kappa shape index (κ3) is 2.85.